The summed E-state index contributed by atoms with van der Waals surface area (Å²) in [5, 5.41) is 11.5. The molecule has 0 radical (unpaired) electrons. The van der Waals surface area contributed by atoms with E-state index in [4.69, 9.17) is 9.84 Å². The molecule has 0 spiro atoms. The van der Waals surface area contributed by atoms with Gasteiger partial charge in [-0.3, -0.25) is 0 Å². The summed E-state index contributed by atoms with van der Waals surface area (Å²) in [4.78, 5) is 24.2. The van der Waals surface area contributed by atoms with Crippen molar-refractivity contribution < 1.29 is 19.4 Å². The standard InChI is InChI=1S/C12H24N2O4/c1-4-5-7-10(11(15)16)13-12(17)14(2)8-6-9-18-3/h10H,4-9H2,1-3H3,(H,13,17)(H,15,16)/t10-/m0/s1. The summed E-state index contributed by atoms with van der Waals surface area (Å²) in [7, 11) is 3.25. The molecule has 0 aromatic rings. The highest BCUT2D eigenvalue weighted by molar-refractivity contribution is 5.82. The molecule has 2 N–H and O–H groups in total. The highest BCUT2D eigenvalue weighted by atomic mass is 16.5. The number of hydrogen-bond donors (Lipinski definition) is 2. The summed E-state index contributed by atoms with van der Waals surface area (Å²) in [5.41, 5.74) is 0. The number of hydrogen-bond acceptors (Lipinski definition) is 3. The van der Waals surface area contributed by atoms with E-state index in [2.05, 4.69) is 5.32 Å². The van der Waals surface area contributed by atoms with Crippen LogP contribution in [-0.4, -0.2) is 55.4 Å². The van der Waals surface area contributed by atoms with Crippen LogP contribution in [0, 0.1) is 0 Å². The number of unbranched alkanes of at least 4 members (excludes halogenated alkanes) is 1. The Balaban J connectivity index is 4.10. The van der Waals surface area contributed by atoms with Gasteiger partial charge in [0.05, 0.1) is 0 Å². The lowest BCUT2D eigenvalue weighted by Gasteiger charge is -2.21. The van der Waals surface area contributed by atoms with Gasteiger partial charge in [0.1, 0.15) is 6.04 Å². The van der Waals surface area contributed by atoms with Gasteiger partial charge in [-0.25, -0.2) is 9.59 Å². The van der Waals surface area contributed by atoms with E-state index in [1.807, 2.05) is 6.92 Å². The molecule has 0 aliphatic rings. The largest absolute Gasteiger partial charge is 0.480 e. The van der Waals surface area contributed by atoms with Gasteiger partial charge in [-0.05, 0) is 12.8 Å². The number of carbonyl (C=O) groups is 2. The topological polar surface area (TPSA) is 78.9 Å². The summed E-state index contributed by atoms with van der Waals surface area (Å²) in [5.74, 6) is -0.984. The SMILES string of the molecule is CCCC[C@H](NC(=O)N(C)CCCOC)C(=O)O. The Labute approximate surface area is 108 Å². The average Bonchev–Trinajstić information content (AvgIpc) is 2.33. The molecule has 0 aliphatic carbocycles. The van der Waals surface area contributed by atoms with Crippen LogP contribution in [0.4, 0.5) is 4.79 Å². The molecule has 6 nitrogen and oxygen atoms in total. The number of aliphatic carboxylic acids is 1. The first-order chi connectivity index (χ1) is 8.52. The van der Waals surface area contributed by atoms with E-state index in [-0.39, 0.29) is 6.03 Å². The van der Waals surface area contributed by atoms with Crippen LogP contribution < -0.4 is 5.32 Å². The molecule has 0 aliphatic heterocycles. The Hall–Kier alpha value is -1.30. The first kappa shape index (κ1) is 16.7. The van der Waals surface area contributed by atoms with Crippen molar-refractivity contribution in [2.75, 3.05) is 27.3 Å². The van der Waals surface area contributed by atoms with E-state index in [1.54, 1.807) is 14.2 Å². The molecule has 106 valence electrons. The minimum Gasteiger partial charge on any atom is -0.480 e. The number of urea groups is 1. The Kier molecular flexibility index (Phi) is 9.00. The van der Waals surface area contributed by atoms with Gasteiger partial charge in [-0.2, -0.15) is 0 Å². The number of methoxy groups -OCH3 is 1. The Bertz CT molecular complexity index is 258. The first-order valence-corrected chi connectivity index (χ1v) is 6.26. The van der Waals surface area contributed by atoms with E-state index in [0.717, 1.165) is 19.3 Å². The molecule has 0 unspecified atom stereocenters. The third-order valence-corrected chi connectivity index (χ3v) is 2.63. The maximum Gasteiger partial charge on any atom is 0.326 e. The van der Waals surface area contributed by atoms with E-state index in [9.17, 15) is 9.59 Å². The molecular weight excluding hydrogens is 236 g/mol. The molecular formula is C12H24N2O4. The van der Waals surface area contributed by atoms with Crippen LogP contribution in [-0.2, 0) is 9.53 Å². The zero-order chi connectivity index (χ0) is 14.0. The molecule has 0 heterocycles. The molecule has 0 saturated carbocycles. The molecule has 2 amide bonds. The molecule has 6 heteroatoms. The van der Waals surface area contributed by atoms with Crippen LogP contribution in [0.3, 0.4) is 0 Å². The lowest BCUT2D eigenvalue weighted by molar-refractivity contribution is -0.139. The second-order valence-corrected chi connectivity index (χ2v) is 4.25. The summed E-state index contributed by atoms with van der Waals surface area (Å²) >= 11 is 0. The fourth-order valence-corrected chi connectivity index (χ4v) is 1.47. The van der Waals surface area contributed by atoms with Crippen LogP contribution >= 0.6 is 0 Å². The first-order valence-electron chi connectivity index (χ1n) is 6.26. The van der Waals surface area contributed by atoms with Gasteiger partial charge in [0, 0.05) is 27.3 Å². The van der Waals surface area contributed by atoms with Crippen molar-refractivity contribution in [3.8, 4) is 0 Å². The van der Waals surface area contributed by atoms with Crippen LogP contribution in [0.5, 0.6) is 0 Å². The number of carboxylic acid groups (broad SMARTS) is 1. The zero-order valence-corrected chi connectivity index (χ0v) is 11.4. The van der Waals surface area contributed by atoms with E-state index < -0.39 is 12.0 Å². The predicted molar refractivity (Wildman–Crippen MR) is 68.6 cm³/mol. The predicted octanol–water partition coefficient (Wildman–Crippen LogP) is 1.31. The van der Waals surface area contributed by atoms with E-state index in [1.165, 1.54) is 4.90 Å². The average molecular weight is 260 g/mol. The minimum atomic E-state index is -0.984. The van der Waals surface area contributed by atoms with Gasteiger partial charge in [-0.1, -0.05) is 19.8 Å². The Morgan fingerprint density at radius 1 is 1.39 bits per heavy atom. The van der Waals surface area contributed by atoms with Crippen molar-refractivity contribution in [2.24, 2.45) is 0 Å². The summed E-state index contributed by atoms with van der Waals surface area (Å²) < 4.78 is 4.89. The highest BCUT2D eigenvalue weighted by Crippen LogP contribution is 2.02. The highest BCUT2D eigenvalue weighted by Gasteiger charge is 2.20. The van der Waals surface area contributed by atoms with Crippen LogP contribution in [0.15, 0.2) is 0 Å². The molecule has 0 saturated heterocycles. The van der Waals surface area contributed by atoms with Gasteiger partial charge >= 0.3 is 12.0 Å². The maximum atomic E-state index is 11.7. The third-order valence-electron chi connectivity index (χ3n) is 2.63. The van der Waals surface area contributed by atoms with Crippen LogP contribution in [0.25, 0.3) is 0 Å². The second kappa shape index (κ2) is 9.70. The van der Waals surface area contributed by atoms with Crippen molar-refractivity contribution >= 4 is 12.0 Å². The molecule has 1 atom stereocenters. The van der Waals surface area contributed by atoms with Gasteiger partial charge < -0.3 is 20.1 Å². The number of nitrogens with zero attached hydrogens (tertiary/aromatic N) is 1. The lowest BCUT2D eigenvalue weighted by atomic mass is 10.1. The van der Waals surface area contributed by atoms with Crippen molar-refractivity contribution in [1.82, 2.24) is 10.2 Å². The zero-order valence-electron chi connectivity index (χ0n) is 11.4. The molecule has 18 heavy (non-hydrogen) atoms. The van der Waals surface area contributed by atoms with Gasteiger partial charge in [-0.15, -0.1) is 0 Å². The number of ether oxygens (including phenoxy) is 1. The molecule has 0 aromatic heterocycles. The van der Waals surface area contributed by atoms with E-state index in [0.29, 0.717) is 19.6 Å². The molecule has 0 rings (SSSR count). The third kappa shape index (κ3) is 7.11. The van der Waals surface area contributed by atoms with Crippen LogP contribution in [0.2, 0.25) is 0 Å². The Morgan fingerprint density at radius 2 is 2.06 bits per heavy atom. The van der Waals surface area contributed by atoms with Crippen LogP contribution in [0.1, 0.15) is 32.6 Å². The quantitative estimate of drug-likeness (QED) is 0.613. The van der Waals surface area contributed by atoms with Gasteiger partial charge in [0.2, 0.25) is 0 Å². The summed E-state index contributed by atoms with van der Waals surface area (Å²) in [6.07, 6.45) is 2.88. The minimum absolute atomic E-state index is 0.352. The van der Waals surface area contributed by atoms with E-state index >= 15 is 0 Å². The fourth-order valence-electron chi connectivity index (χ4n) is 1.47. The van der Waals surface area contributed by atoms with Gasteiger partial charge in [0.25, 0.3) is 0 Å². The van der Waals surface area contributed by atoms with Gasteiger partial charge in [0.15, 0.2) is 0 Å². The number of rotatable bonds is 9. The molecule has 0 aromatic carbocycles. The Morgan fingerprint density at radius 3 is 2.56 bits per heavy atom. The summed E-state index contributed by atoms with van der Waals surface area (Å²) in [6, 6.07) is -1.16. The summed E-state index contributed by atoms with van der Waals surface area (Å²) in [6.45, 7) is 3.10. The van der Waals surface area contributed by atoms with Crippen molar-refractivity contribution in [3.05, 3.63) is 0 Å². The number of amides is 2. The second-order valence-electron chi connectivity index (χ2n) is 4.25. The lowest BCUT2D eigenvalue weighted by Crippen LogP contribution is -2.47. The van der Waals surface area contributed by atoms with Crippen molar-refractivity contribution in [2.45, 2.75) is 38.6 Å². The number of carboxylic acids is 1. The molecule has 0 fully saturated rings. The number of carbonyl (C=O) groups excluding carboxylic acids is 1. The van der Waals surface area contributed by atoms with Crippen molar-refractivity contribution in [1.29, 1.82) is 0 Å². The maximum absolute atomic E-state index is 11.7. The molecule has 0 bridgehead atoms. The normalized spacial score (nSPS) is 11.9. The smallest absolute Gasteiger partial charge is 0.326 e. The van der Waals surface area contributed by atoms with Crippen molar-refractivity contribution in [3.63, 3.8) is 0 Å². The monoisotopic (exact) mass is 260 g/mol. The number of nitrogens with one attached hydrogen (secondary N) is 1. The fraction of sp³-hybridized carbons (Fsp3) is 0.833.